The lowest BCUT2D eigenvalue weighted by molar-refractivity contribution is 0.0601. The first-order chi connectivity index (χ1) is 9.70. The number of hydrogen-bond donors (Lipinski definition) is 1. The molecule has 5 heteroatoms. The second-order valence-corrected chi connectivity index (χ2v) is 4.38. The van der Waals surface area contributed by atoms with Crippen molar-refractivity contribution in [2.75, 3.05) is 12.8 Å². The Bertz CT molecular complexity index is 793. The van der Waals surface area contributed by atoms with Gasteiger partial charge in [0.1, 0.15) is 0 Å². The van der Waals surface area contributed by atoms with Gasteiger partial charge in [-0.05, 0) is 24.3 Å². The van der Waals surface area contributed by atoms with Crippen molar-refractivity contribution in [2.45, 2.75) is 0 Å². The van der Waals surface area contributed by atoms with Gasteiger partial charge in [-0.25, -0.2) is 9.48 Å². The van der Waals surface area contributed by atoms with Crippen LogP contribution in [0.25, 0.3) is 16.6 Å². The van der Waals surface area contributed by atoms with Crippen molar-refractivity contribution >= 4 is 22.6 Å². The number of methoxy groups -OCH3 is 1. The topological polar surface area (TPSA) is 70.1 Å². The predicted octanol–water partition coefficient (Wildman–Crippen LogP) is 2.39. The van der Waals surface area contributed by atoms with E-state index in [1.165, 1.54) is 7.11 Å². The van der Waals surface area contributed by atoms with Crippen LogP contribution in [-0.2, 0) is 4.74 Å². The summed E-state index contributed by atoms with van der Waals surface area (Å²) >= 11 is 0. The van der Waals surface area contributed by atoms with Crippen LogP contribution in [0.4, 0.5) is 5.69 Å². The molecule has 0 amide bonds. The number of carbonyl (C=O) groups excluding carboxylic acids is 1. The van der Waals surface area contributed by atoms with Gasteiger partial charge in [-0.1, -0.05) is 18.2 Å². The van der Waals surface area contributed by atoms with Gasteiger partial charge in [0, 0.05) is 5.39 Å². The number of anilines is 1. The average molecular weight is 267 g/mol. The molecule has 2 N–H and O–H groups in total. The number of aromatic nitrogens is 2. The third-order valence-corrected chi connectivity index (χ3v) is 3.15. The molecule has 0 saturated heterocycles. The van der Waals surface area contributed by atoms with Crippen LogP contribution in [0.15, 0.2) is 48.7 Å². The number of para-hydroxylation sites is 1. The lowest BCUT2D eigenvalue weighted by Gasteiger charge is -2.08. The molecule has 20 heavy (non-hydrogen) atoms. The molecule has 0 aliphatic rings. The maximum atomic E-state index is 11.5. The van der Waals surface area contributed by atoms with E-state index < -0.39 is 5.97 Å². The quantitative estimate of drug-likeness (QED) is 0.571. The molecule has 0 bridgehead atoms. The minimum Gasteiger partial charge on any atom is -0.465 e. The number of benzene rings is 2. The monoisotopic (exact) mass is 267 g/mol. The van der Waals surface area contributed by atoms with Crippen LogP contribution in [0, 0.1) is 0 Å². The highest BCUT2D eigenvalue weighted by atomic mass is 16.5. The summed E-state index contributed by atoms with van der Waals surface area (Å²) < 4.78 is 6.43. The Hall–Kier alpha value is -2.82. The van der Waals surface area contributed by atoms with E-state index in [1.54, 1.807) is 29.1 Å². The van der Waals surface area contributed by atoms with E-state index in [-0.39, 0.29) is 0 Å². The molecule has 0 saturated carbocycles. The van der Waals surface area contributed by atoms with Crippen LogP contribution >= 0.6 is 0 Å². The zero-order chi connectivity index (χ0) is 14.1. The second-order valence-electron chi connectivity index (χ2n) is 4.38. The molecule has 0 atom stereocenters. The Balaban J connectivity index is 2.13. The van der Waals surface area contributed by atoms with Crippen molar-refractivity contribution < 1.29 is 9.53 Å². The molecule has 0 fully saturated rings. The van der Waals surface area contributed by atoms with Crippen molar-refractivity contribution in [1.29, 1.82) is 0 Å². The number of rotatable bonds is 2. The Morgan fingerprint density at radius 2 is 2.05 bits per heavy atom. The number of nitrogen functional groups attached to an aromatic ring is 1. The molecule has 5 nitrogen and oxygen atoms in total. The van der Waals surface area contributed by atoms with Gasteiger partial charge in [-0.3, -0.25) is 0 Å². The number of nitrogens with zero attached hydrogens (tertiary/aromatic N) is 2. The van der Waals surface area contributed by atoms with Gasteiger partial charge in [0.15, 0.2) is 0 Å². The van der Waals surface area contributed by atoms with E-state index in [1.807, 2.05) is 24.3 Å². The molecule has 3 rings (SSSR count). The smallest absolute Gasteiger partial charge is 0.337 e. The van der Waals surface area contributed by atoms with E-state index in [2.05, 4.69) is 9.84 Å². The molecule has 0 aliphatic carbocycles. The lowest BCUT2D eigenvalue weighted by atomic mass is 10.1. The summed E-state index contributed by atoms with van der Waals surface area (Å²) in [5.41, 5.74) is 8.62. The summed E-state index contributed by atoms with van der Waals surface area (Å²) in [6.07, 6.45) is 1.78. The van der Waals surface area contributed by atoms with Crippen LogP contribution < -0.4 is 5.73 Å². The standard InChI is InChI=1S/C15H13N3O2/c1-20-15(19)10-6-7-14(12(16)8-10)18-13-5-3-2-4-11(13)9-17-18/h2-9H,16H2,1H3. The fourth-order valence-electron chi connectivity index (χ4n) is 2.16. The zero-order valence-corrected chi connectivity index (χ0v) is 10.9. The molecule has 1 heterocycles. The number of hydrogen-bond acceptors (Lipinski definition) is 4. The van der Waals surface area contributed by atoms with Crippen molar-refractivity contribution in [2.24, 2.45) is 0 Å². The lowest BCUT2D eigenvalue weighted by Crippen LogP contribution is -2.06. The van der Waals surface area contributed by atoms with Crippen molar-refractivity contribution in [1.82, 2.24) is 9.78 Å². The van der Waals surface area contributed by atoms with Gasteiger partial charge in [0.05, 0.1) is 35.8 Å². The first kappa shape index (κ1) is 12.2. The fraction of sp³-hybridized carbons (Fsp3) is 0.0667. The summed E-state index contributed by atoms with van der Waals surface area (Å²) in [4.78, 5) is 11.5. The van der Waals surface area contributed by atoms with Crippen molar-refractivity contribution in [3.63, 3.8) is 0 Å². The zero-order valence-electron chi connectivity index (χ0n) is 10.9. The maximum Gasteiger partial charge on any atom is 0.337 e. The first-order valence-corrected chi connectivity index (χ1v) is 6.11. The average Bonchev–Trinajstić information content (AvgIpc) is 2.90. The number of nitrogens with two attached hydrogens (primary N) is 1. The highest BCUT2D eigenvalue weighted by Crippen LogP contribution is 2.23. The molecule has 1 aromatic heterocycles. The highest BCUT2D eigenvalue weighted by molar-refractivity contribution is 5.91. The molecule has 3 aromatic rings. The van der Waals surface area contributed by atoms with E-state index in [4.69, 9.17) is 5.73 Å². The minimum atomic E-state index is -0.409. The van der Waals surface area contributed by atoms with E-state index in [9.17, 15) is 4.79 Å². The summed E-state index contributed by atoms with van der Waals surface area (Å²) in [7, 11) is 1.34. The number of ether oxygens (including phenoxy) is 1. The SMILES string of the molecule is COC(=O)c1ccc(-n2ncc3ccccc32)c(N)c1. The third-order valence-electron chi connectivity index (χ3n) is 3.15. The molecular weight excluding hydrogens is 254 g/mol. The Labute approximate surface area is 115 Å². The summed E-state index contributed by atoms with van der Waals surface area (Å²) in [5, 5.41) is 5.37. The number of carbonyl (C=O) groups is 1. The van der Waals surface area contributed by atoms with Crippen molar-refractivity contribution in [3.8, 4) is 5.69 Å². The summed E-state index contributed by atoms with van der Waals surface area (Å²) in [6, 6.07) is 12.9. The van der Waals surface area contributed by atoms with E-state index in [0.717, 1.165) is 16.6 Å². The highest BCUT2D eigenvalue weighted by Gasteiger charge is 2.11. The molecule has 0 spiro atoms. The molecule has 0 unspecified atom stereocenters. The van der Waals surface area contributed by atoms with Crippen LogP contribution in [0.3, 0.4) is 0 Å². The number of esters is 1. The Morgan fingerprint density at radius 1 is 1.25 bits per heavy atom. The van der Waals surface area contributed by atoms with Gasteiger partial charge in [0.25, 0.3) is 0 Å². The molecule has 2 aromatic carbocycles. The molecule has 0 radical (unpaired) electrons. The molecular formula is C15H13N3O2. The maximum absolute atomic E-state index is 11.5. The predicted molar refractivity (Wildman–Crippen MR) is 76.8 cm³/mol. The van der Waals surface area contributed by atoms with Crippen LogP contribution in [0.5, 0.6) is 0 Å². The molecule has 100 valence electrons. The summed E-state index contributed by atoms with van der Waals surface area (Å²) in [6.45, 7) is 0. The van der Waals surface area contributed by atoms with E-state index in [0.29, 0.717) is 11.3 Å². The van der Waals surface area contributed by atoms with Gasteiger partial charge >= 0.3 is 5.97 Å². The molecule has 0 aliphatic heterocycles. The first-order valence-electron chi connectivity index (χ1n) is 6.11. The largest absolute Gasteiger partial charge is 0.465 e. The third kappa shape index (κ3) is 1.89. The number of fused-ring (bicyclic) bond motifs is 1. The van der Waals surface area contributed by atoms with Gasteiger partial charge in [0.2, 0.25) is 0 Å². The Kier molecular flexibility index (Phi) is 2.87. The van der Waals surface area contributed by atoms with E-state index >= 15 is 0 Å². The van der Waals surface area contributed by atoms with Crippen LogP contribution in [-0.4, -0.2) is 22.9 Å². The summed E-state index contributed by atoms with van der Waals surface area (Å²) in [5.74, 6) is -0.409. The minimum absolute atomic E-state index is 0.409. The van der Waals surface area contributed by atoms with Crippen molar-refractivity contribution in [3.05, 3.63) is 54.2 Å². The van der Waals surface area contributed by atoms with Gasteiger partial charge < -0.3 is 10.5 Å². The fourth-order valence-corrected chi connectivity index (χ4v) is 2.16. The van der Waals surface area contributed by atoms with Crippen LogP contribution in [0.1, 0.15) is 10.4 Å². The van der Waals surface area contributed by atoms with Crippen LogP contribution in [0.2, 0.25) is 0 Å². The van der Waals surface area contributed by atoms with Gasteiger partial charge in [-0.2, -0.15) is 5.10 Å². The van der Waals surface area contributed by atoms with Gasteiger partial charge in [-0.15, -0.1) is 0 Å². The normalized spacial score (nSPS) is 10.7. The second kappa shape index (κ2) is 4.70. The Morgan fingerprint density at radius 3 is 2.80 bits per heavy atom.